The summed E-state index contributed by atoms with van der Waals surface area (Å²) in [5, 5.41) is 12.0. The van der Waals surface area contributed by atoms with Crippen molar-refractivity contribution in [3.8, 4) is 11.4 Å². The van der Waals surface area contributed by atoms with Crippen molar-refractivity contribution in [1.29, 1.82) is 0 Å². The first-order chi connectivity index (χ1) is 13.5. The van der Waals surface area contributed by atoms with E-state index >= 15 is 0 Å². The standard InChI is InChI=1S/C20H18ClFN4OS/c1-12(19(27)23-17-9-5-3-7-15(17)21)28-20-25-24-18(26(20)13-10-11-13)14-6-2-4-8-16(14)22/h2-9,12-13H,10-11H2,1H3,(H,23,27). The molecule has 1 heterocycles. The van der Waals surface area contributed by atoms with Gasteiger partial charge in [-0.3, -0.25) is 9.36 Å². The molecule has 8 heteroatoms. The summed E-state index contributed by atoms with van der Waals surface area (Å²) in [7, 11) is 0. The smallest absolute Gasteiger partial charge is 0.237 e. The van der Waals surface area contributed by atoms with Gasteiger partial charge in [-0.2, -0.15) is 0 Å². The molecule has 1 aliphatic carbocycles. The molecule has 3 aromatic rings. The minimum atomic E-state index is -0.425. The number of thioether (sulfide) groups is 1. The molecule has 28 heavy (non-hydrogen) atoms. The summed E-state index contributed by atoms with van der Waals surface area (Å²) in [5.41, 5.74) is 0.985. The van der Waals surface area contributed by atoms with E-state index in [4.69, 9.17) is 11.6 Å². The van der Waals surface area contributed by atoms with Gasteiger partial charge in [0.25, 0.3) is 0 Å². The van der Waals surface area contributed by atoms with Gasteiger partial charge in [-0.1, -0.05) is 47.6 Å². The summed E-state index contributed by atoms with van der Waals surface area (Å²) >= 11 is 7.42. The highest BCUT2D eigenvalue weighted by atomic mass is 35.5. The Balaban J connectivity index is 1.56. The second kappa shape index (κ2) is 7.93. The molecule has 0 radical (unpaired) electrons. The largest absolute Gasteiger partial charge is 0.324 e. The van der Waals surface area contributed by atoms with Crippen molar-refractivity contribution in [2.45, 2.75) is 36.2 Å². The van der Waals surface area contributed by atoms with Crippen molar-refractivity contribution in [2.75, 3.05) is 5.32 Å². The van der Waals surface area contributed by atoms with Crippen LogP contribution in [0.5, 0.6) is 0 Å². The number of halogens is 2. The fourth-order valence-corrected chi connectivity index (χ4v) is 3.96. The number of hydrogen-bond donors (Lipinski definition) is 1. The average molecular weight is 417 g/mol. The molecule has 1 amide bonds. The summed E-state index contributed by atoms with van der Waals surface area (Å²) in [6.45, 7) is 1.80. The van der Waals surface area contributed by atoms with E-state index in [1.807, 2.05) is 10.6 Å². The number of anilines is 1. The Bertz CT molecular complexity index is 1020. The number of aromatic nitrogens is 3. The van der Waals surface area contributed by atoms with Crippen LogP contribution in [0, 0.1) is 5.82 Å². The van der Waals surface area contributed by atoms with Crippen molar-refractivity contribution < 1.29 is 9.18 Å². The predicted octanol–water partition coefficient (Wildman–Crippen LogP) is 5.19. The lowest BCUT2D eigenvalue weighted by Gasteiger charge is -2.14. The maximum absolute atomic E-state index is 14.3. The van der Waals surface area contributed by atoms with Crippen molar-refractivity contribution in [2.24, 2.45) is 0 Å². The van der Waals surface area contributed by atoms with E-state index in [1.54, 1.807) is 43.3 Å². The van der Waals surface area contributed by atoms with Gasteiger partial charge in [0.1, 0.15) is 5.82 Å². The van der Waals surface area contributed by atoms with Gasteiger partial charge in [-0.05, 0) is 44.0 Å². The summed E-state index contributed by atoms with van der Waals surface area (Å²) in [5.74, 6) is -0.0180. The van der Waals surface area contributed by atoms with Crippen LogP contribution in [-0.2, 0) is 4.79 Å². The third kappa shape index (κ3) is 3.91. The molecule has 0 saturated heterocycles. The summed E-state index contributed by atoms with van der Waals surface area (Å²) in [4.78, 5) is 12.6. The Kier molecular flexibility index (Phi) is 5.37. The SMILES string of the molecule is CC(Sc1nnc(-c2ccccc2F)n1C1CC1)C(=O)Nc1ccccc1Cl. The minimum Gasteiger partial charge on any atom is -0.324 e. The molecule has 2 aromatic carbocycles. The highest BCUT2D eigenvalue weighted by Crippen LogP contribution is 2.42. The lowest BCUT2D eigenvalue weighted by atomic mass is 10.2. The Labute approximate surface area is 171 Å². The lowest BCUT2D eigenvalue weighted by molar-refractivity contribution is -0.115. The molecule has 1 saturated carbocycles. The minimum absolute atomic E-state index is 0.184. The highest BCUT2D eigenvalue weighted by Gasteiger charge is 2.32. The van der Waals surface area contributed by atoms with Crippen molar-refractivity contribution >= 4 is 35.0 Å². The van der Waals surface area contributed by atoms with Crippen molar-refractivity contribution in [3.05, 3.63) is 59.4 Å². The summed E-state index contributed by atoms with van der Waals surface area (Å²) in [6.07, 6.45) is 1.99. The highest BCUT2D eigenvalue weighted by molar-refractivity contribution is 8.00. The van der Waals surface area contributed by atoms with E-state index < -0.39 is 5.25 Å². The Morgan fingerprint density at radius 2 is 1.93 bits per heavy atom. The summed E-state index contributed by atoms with van der Waals surface area (Å²) < 4.78 is 16.2. The first-order valence-electron chi connectivity index (χ1n) is 8.96. The number of carbonyl (C=O) groups excluding carboxylic acids is 1. The fourth-order valence-electron chi connectivity index (χ4n) is 2.85. The van der Waals surface area contributed by atoms with Crippen LogP contribution in [0.3, 0.4) is 0 Å². The van der Waals surface area contributed by atoms with Crippen LogP contribution >= 0.6 is 23.4 Å². The Morgan fingerprint density at radius 3 is 2.64 bits per heavy atom. The van der Waals surface area contributed by atoms with Gasteiger partial charge >= 0.3 is 0 Å². The zero-order valence-corrected chi connectivity index (χ0v) is 16.7. The maximum atomic E-state index is 14.3. The molecule has 1 N–H and O–H groups in total. The predicted molar refractivity (Wildman–Crippen MR) is 109 cm³/mol. The van der Waals surface area contributed by atoms with Gasteiger partial charge < -0.3 is 5.32 Å². The first-order valence-corrected chi connectivity index (χ1v) is 10.2. The van der Waals surface area contributed by atoms with Crippen molar-refractivity contribution in [1.82, 2.24) is 14.8 Å². The van der Waals surface area contributed by atoms with E-state index in [-0.39, 0.29) is 17.8 Å². The van der Waals surface area contributed by atoms with Gasteiger partial charge in [0.15, 0.2) is 11.0 Å². The molecule has 4 rings (SSSR count). The van der Waals surface area contributed by atoms with E-state index in [0.29, 0.717) is 27.3 Å². The Hall–Kier alpha value is -2.38. The second-order valence-corrected chi connectivity index (χ2v) is 8.33. The molecule has 0 spiro atoms. The van der Waals surface area contributed by atoms with Crippen molar-refractivity contribution in [3.63, 3.8) is 0 Å². The third-order valence-electron chi connectivity index (χ3n) is 4.47. The third-order valence-corrected chi connectivity index (χ3v) is 5.86. The molecule has 5 nitrogen and oxygen atoms in total. The van der Waals surface area contributed by atoms with Gasteiger partial charge in [0.2, 0.25) is 5.91 Å². The van der Waals surface area contributed by atoms with Crippen LogP contribution in [0.2, 0.25) is 5.02 Å². The van der Waals surface area contributed by atoms with Gasteiger partial charge in [0.05, 0.1) is 21.5 Å². The number of benzene rings is 2. The van der Waals surface area contributed by atoms with Gasteiger partial charge in [-0.25, -0.2) is 4.39 Å². The topological polar surface area (TPSA) is 59.8 Å². The number of nitrogens with one attached hydrogen (secondary N) is 1. The van der Waals surface area contributed by atoms with Gasteiger partial charge in [0, 0.05) is 6.04 Å². The first kappa shape index (κ1) is 19.0. The molecular formula is C20H18ClFN4OS. The number of para-hydroxylation sites is 1. The number of amides is 1. The molecule has 1 unspecified atom stereocenters. The normalized spacial score (nSPS) is 14.7. The van der Waals surface area contributed by atoms with Crippen LogP contribution in [0.4, 0.5) is 10.1 Å². The monoisotopic (exact) mass is 416 g/mol. The zero-order chi connectivity index (χ0) is 19.7. The average Bonchev–Trinajstić information content (AvgIpc) is 3.44. The second-order valence-electron chi connectivity index (χ2n) is 6.62. The molecule has 0 bridgehead atoms. The molecule has 1 aliphatic rings. The maximum Gasteiger partial charge on any atom is 0.237 e. The van der Waals surface area contributed by atoms with Gasteiger partial charge in [-0.15, -0.1) is 10.2 Å². The van der Waals surface area contributed by atoms with Crippen LogP contribution in [0.25, 0.3) is 11.4 Å². The van der Waals surface area contributed by atoms with Crippen LogP contribution in [0.15, 0.2) is 53.7 Å². The molecule has 1 aromatic heterocycles. The molecule has 1 atom stereocenters. The van der Waals surface area contributed by atoms with Crippen LogP contribution < -0.4 is 5.32 Å². The number of carbonyl (C=O) groups is 1. The molecule has 1 fully saturated rings. The van der Waals surface area contributed by atoms with E-state index in [1.165, 1.54) is 17.8 Å². The van der Waals surface area contributed by atoms with E-state index in [2.05, 4.69) is 15.5 Å². The number of nitrogens with zero attached hydrogens (tertiary/aromatic N) is 3. The van der Waals surface area contributed by atoms with Crippen LogP contribution in [0.1, 0.15) is 25.8 Å². The Morgan fingerprint density at radius 1 is 1.21 bits per heavy atom. The van der Waals surface area contributed by atoms with Crippen LogP contribution in [-0.4, -0.2) is 25.9 Å². The van der Waals surface area contributed by atoms with E-state index in [9.17, 15) is 9.18 Å². The summed E-state index contributed by atoms with van der Waals surface area (Å²) in [6, 6.07) is 13.9. The molecule has 144 valence electrons. The number of hydrogen-bond acceptors (Lipinski definition) is 4. The van der Waals surface area contributed by atoms with E-state index in [0.717, 1.165) is 12.8 Å². The zero-order valence-electron chi connectivity index (χ0n) is 15.1. The fraction of sp³-hybridized carbons (Fsp3) is 0.250. The molecule has 0 aliphatic heterocycles. The number of rotatable bonds is 6. The lowest BCUT2D eigenvalue weighted by Crippen LogP contribution is -2.23. The molecular weight excluding hydrogens is 399 g/mol. The quantitative estimate of drug-likeness (QED) is 0.561.